The summed E-state index contributed by atoms with van der Waals surface area (Å²) in [6.45, 7) is -0.117. The highest BCUT2D eigenvalue weighted by Crippen LogP contribution is 2.52. The van der Waals surface area contributed by atoms with E-state index in [1.807, 2.05) is 23.1 Å². The van der Waals surface area contributed by atoms with Crippen molar-refractivity contribution in [3.63, 3.8) is 0 Å². The Morgan fingerprint density at radius 1 is 1.07 bits per heavy atom. The molecule has 0 radical (unpaired) electrons. The van der Waals surface area contributed by atoms with Gasteiger partial charge in [0, 0.05) is 18.1 Å². The molecule has 4 amide bonds. The third-order valence-corrected chi connectivity index (χ3v) is 6.95. The summed E-state index contributed by atoms with van der Waals surface area (Å²) in [5.74, 6) is -0.0685. The average Bonchev–Trinajstić information content (AvgIpc) is 3.42. The smallest absolute Gasteiger partial charge is 0.312 e. The summed E-state index contributed by atoms with van der Waals surface area (Å²) in [4.78, 5) is 39.4. The lowest BCUT2D eigenvalue weighted by Gasteiger charge is -2.37. The van der Waals surface area contributed by atoms with E-state index in [0.29, 0.717) is 12.8 Å². The summed E-state index contributed by atoms with van der Waals surface area (Å²) >= 11 is 0. The Hall–Kier alpha value is -2.57. The summed E-state index contributed by atoms with van der Waals surface area (Å²) in [6, 6.07) is 9.50. The van der Waals surface area contributed by atoms with Crippen LogP contribution in [0.1, 0.15) is 50.5 Å². The number of carbonyl (C=O) groups is 3. The average molecular weight is 399 g/mol. The Balaban J connectivity index is 1.59. The molecule has 1 saturated carbocycles. The Labute approximate surface area is 171 Å². The van der Waals surface area contributed by atoms with Crippen molar-refractivity contribution in [3.8, 4) is 0 Å². The van der Waals surface area contributed by atoms with E-state index in [1.165, 1.54) is 0 Å². The van der Waals surface area contributed by atoms with E-state index in [2.05, 4.69) is 22.8 Å². The zero-order valence-corrected chi connectivity index (χ0v) is 16.7. The zero-order chi connectivity index (χ0) is 20.4. The second-order valence-electron chi connectivity index (χ2n) is 8.74. The van der Waals surface area contributed by atoms with Crippen molar-refractivity contribution in [2.24, 2.45) is 11.1 Å². The Kier molecular flexibility index (Phi) is 5.48. The van der Waals surface area contributed by atoms with Gasteiger partial charge >= 0.3 is 6.03 Å². The van der Waals surface area contributed by atoms with Crippen LogP contribution in [0.3, 0.4) is 0 Å². The Morgan fingerprint density at radius 3 is 2.48 bits per heavy atom. The predicted molar refractivity (Wildman–Crippen MR) is 109 cm³/mol. The topological polar surface area (TPSA) is 105 Å². The van der Waals surface area contributed by atoms with Gasteiger partial charge in [-0.1, -0.05) is 43.2 Å². The van der Waals surface area contributed by atoms with E-state index in [1.54, 1.807) is 0 Å². The van der Waals surface area contributed by atoms with Gasteiger partial charge in [-0.05, 0) is 44.1 Å². The number of nitrogens with one attached hydrogen (secondary N) is 2. The summed E-state index contributed by atoms with van der Waals surface area (Å²) in [5.41, 5.74) is 5.63. The van der Waals surface area contributed by atoms with Gasteiger partial charge < -0.3 is 21.3 Å². The number of primary amides is 1. The van der Waals surface area contributed by atoms with Crippen LogP contribution in [0.2, 0.25) is 0 Å². The number of hydrogen-bond acceptors (Lipinski definition) is 3. The summed E-state index contributed by atoms with van der Waals surface area (Å²) in [6.07, 6.45) is 7.41. The van der Waals surface area contributed by atoms with Crippen LogP contribution in [0.5, 0.6) is 0 Å². The van der Waals surface area contributed by atoms with Crippen LogP contribution < -0.4 is 16.4 Å². The fraction of sp³-hybridized carbons (Fsp3) is 0.591. The largest absolute Gasteiger partial charge is 0.353 e. The van der Waals surface area contributed by atoms with Crippen LogP contribution in [0.4, 0.5) is 4.79 Å². The maximum atomic E-state index is 13.6. The molecule has 156 valence electrons. The quantitative estimate of drug-likeness (QED) is 0.679. The monoisotopic (exact) mass is 398 g/mol. The van der Waals surface area contributed by atoms with Gasteiger partial charge in [-0.15, -0.1) is 0 Å². The van der Waals surface area contributed by atoms with E-state index in [9.17, 15) is 14.4 Å². The molecular weight excluding hydrogens is 368 g/mol. The minimum atomic E-state index is -0.709. The number of hydrogen-bond donors (Lipinski definition) is 3. The van der Waals surface area contributed by atoms with Crippen molar-refractivity contribution < 1.29 is 14.4 Å². The summed E-state index contributed by atoms with van der Waals surface area (Å²) in [7, 11) is 0. The number of nitrogens with two attached hydrogens (primary N) is 1. The molecule has 1 aliphatic carbocycles. The van der Waals surface area contributed by atoms with Gasteiger partial charge in [0.2, 0.25) is 11.8 Å². The molecule has 2 saturated heterocycles. The number of fused-ring (bicyclic) bond motifs is 2. The van der Waals surface area contributed by atoms with Crippen LogP contribution in [-0.2, 0) is 16.0 Å². The van der Waals surface area contributed by atoms with Gasteiger partial charge in [0.25, 0.3) is 0 Å². The number of nitrogens with zero attached hydrogens (tertiary/aromatic N) is 1. The first-order valence-electron chi connectivity index (χ1n) is 10.7. The lowest BCUT2D eigenvalue weighted by atomic mass is 9.69. The highest BCUT2D eigenvalue weighted by Gasteiger charge is 2.61. The molecule has 0 spiro atoms. The first kappa shape index (κ1) is 19.7. The third-order valence-electron chi connectivity index (χ3n) is 6.95. The van der Waals surface area contributed by atoms with Crippen molar-refractivity contribution in [1.82, 2.24) is 15.5 Å². The molecular formula is C22H30N4O3. The van der Waals surface area contributed by atoms with Crippen LogP contribution in [-0.4, -0.2) is 47.4 Å². The van der Waals surface area contributed by atoms with Gasteiger partial charge in [0.1, 0.15) is 0 Å². The minimum absolute atomic E-state index is 0.0419. The van der Waals surface area contributed by atoms with Crippen LogP contribution in [0, 0.1) is 5.41 Å². The van der Waals surface area contributed by atoms with E-state index in [4.69, 9.17) is 5.73 Å². The SMILES string of the molecule is NC(=O)NCC(=O)N1[C@@H]2CC[C@H]1[C@@](Cc1ccccc1)(C(=O)NC1CCCC1)C2. The molecule has 3 aliphatic rings. The first-order valence-corrected chi connectivity index (χ1v) is 10.7. The zero-order valence-electron chi connectivity index (χ0n) is 16.7. The standard InChI is InChI=1S/C22H30N4O3/c23-21(29)24-14-19(27)26-17-10-11-18(26)22(13-17,12-15-6-2-1-3-7-15)20(28)25-16-8-4-5-9-16/h1-3,6-7,16-18H,4-5,8-14H2,(H,25,28)(H3,23,24,29)/t17-,18+,22+/m1/s1. The summed E-state index contributed by atoms with van der Waals surface area (Å²) < 4.78 is 0. The lowest BCUT2D eigenvalue weighted by molar-refractivity contribution is -0.136. The fourth-order valence-electron chi connectivity index (χ4n) is 5.69. The van der Waals surface area contributed by atoms with Crippen molar-refractivity contribution in [2.45, 2.75) is 69.5 Å². The Bertz CT molecular complexity index is 778. The highest BCUT2D eigenvalue weighted by atomic mass is 16.2. The molecule has 0 aromatic heterocycles. The number of carbonyl (C=O) groups excluding carboxylic acids is 3. The second kappa shape index (κ2) is 8.05. The molecule has 3 atom stereocenters. The molecule has 1 aromatic rings. The molecule has 4 N–H and O–H groups in total. The van der Waals surface area contributed by atoms with Crippen molar-refractivity contribution in [1.29, 1.82) is 0 Å². The molecule has 2 heterocycles. The Morgan fingerprint density at radius 2 is 1.79 bits per heavy atom. The van der Waals surface area contributed by atoms with Gasteiger partial charge in [-0.25, -0.2) is 4.79 Å². The highest BCUT2D eigenvalue weighted by molar-refractivity contribution is 5.89. The van der Waals surface area contributed by atoms with E-state index in [-0.39, 0.29) is 36.5 Å². The predicted octanol–water partition coefficient (Wildman–Crippen LogP) is 1.71. The maximum absolute atomic E-state index is 13.6. The lowest BCUT2D eigenvalue weighted by Crippen LogP contribution is -2.53. The van der Waals surface area contributed by atoms with Crippen LogP contribution >= 0.6 is 0 Å². The molecule has 4 rings (SSSR count). The van der Waals surface area contributed by atoms with Gasteiger partial charge in [0.05, 0.1) is 12.0 Å². The molecule has 29 heavy (non-hydrogen) atoms. The number of benzene rings is 1. The second-order valence-corrected chi connectivity index (χ2v) is 8.74. The maximum Gasteiger partial charge on any atom is 0.312 e. The van der Waals surface area contributed by atoms with Gasteiger partial charge in [0.15, 0.2) is 0 Å². The van der Waals surface area contributed by atoms with E-state index < -0.39 is 11.4 Å². The molecule has 0 unspecified atom stereocenters. The van der Waals surface area contributed by atoms with Gasteiger partial charge in [-0.2, -0.15) is 0 Å². The molecule has 1 aromatic carbocycles. The fourth-order valence-corrected chi connectivity index (χ4v) is 5.69. The number of urea groups is 1. The third kappa shape index (κ3) is 3.82. The van der Waals surface area contributed by atoms with Crippen molar-refractivity contribution in [2.75, 3.05) is 6.54 Å². The summed E-state index contributed by atoms with van der Waals surface area (Å²) in [5, 5.41) is 5.71. The normalized spacial score (nSPS) is 28.5. The molecule has 2 bridgehead atoms. The molecule has 7 heteroatoms. The number of amides is 4. The van der Waals surface area contributed by atoms with Crippen LogP contribution in [0.15, 0.2) is 30.3 Å². The van der Waals surface area contributed by atoms with Crippen molar-refractivity contribution in [3.05, 3.63) is 35.9 Å². The number of rotatable bonds is 6. The molecule has 7 nitrogen and oxygen atoms in total. The van der Waals surface area contributed by atoms with E-state index >= 15 is 0 Å². The van der Waals surface area contributed by atoms with Crippen molar-refractivity contribution >= 4 is 17.8 Å². The first-order chi connectivity index (χ1) is 14.0. The van der Waals surface area contributed by atoms with E-state index in [0.717, 1.165) is 44.1 Å². The van der Waals surface area contributed by atoms with Crippen LogP contribution in [0.25, 0.3) is 0 Å². The van der Waals surface area contributed by atoms with Gasteiger partial charge in [-0.3, -0.25) is 9.59 Å². The molecule has 2 aliphatic heterocycles. The molecule has 3 fully saturated rings. The minimum Gasteiger partial charge on any atom is -0.353 e.